The normalized spacial score (nSPS) is 10.3. The van der Waals surface area contributed by atoms with Gasteiger partial charge in [0, 0.05) is 5.56 Å². The predicted molar refractivity (Wildman–Crippen MR) is 75.9 cm³/mol. The second-order valence-electron chi connectivity index (χ2n) is 3.97. The van der Waals surface area contributed by atoms with Gasteiger partial charge in [0.25, 0.3) is 5.91 Å². The molecule has 0 fully saturated rings. The van der Waals surface area contributed by atoms with Crippen LogP contribution in [0.5, 0.6) is 5.75 Å². The minimum atomic E-state index is -3.87. The largest absolute Gasteiger partial charge is 1.00 e. The fraction of sp³-hybridized carbons (Fsp3) is 0.0714. The molecule has 0 aliphatic carbocycles. The summed E-state index contributed by atoms with van der Waals surface area (Å²) >= 11 is 0. The van der Waals surface area contributed by atoms with Crippen molar-refractivity contribution in [2.24, 2.45) is 0 Å². The Morgan fingerprint density at radius 3 is 2.10 bits per heavy atom. The van der Waals surface area contributed by atoms with Crippen molar-refractivity contribution >= 4 is 16.0 Å². The third kappa shape index (κ3) is 5.89. The molecule has 0 atom stereocenters. The molecule has 0 aliphatic heterocycles. The third-order valence-corrected chi connectivity index (χ3v) is 3.36. The molecule has 0 saturated carbocycles. The maximum absolute atomic E-state index is 11.7. The van der Waals surface area contributed by atoms with Crippen molar-refractivity contribution in [1.82, 2.24) is 5.32 Å². The van der Waals surface area contributed by atoms with Gasteiger partial charge in [-0.05, 0) is 24.3 Å². The maximum atomic E-state index is 11.7. The Bertz CT molecular complexity index is 681. The number of amides is 1. The molecule has 0 bridgehead atoms. The average molecular weight is 315 g/mol. The molecular weight excluding hydrogens is 301 g/mol. The van der Waals surface area contributed by atoms with E-state index in [4.69, 9.17) is 4.18 Å². The van der Waals surface area contributed by atoms with Crippen LogP contribution in [-0.4, -0.2) is 20.2 Å². The summed E-state index contributed by atoms with van der Waals surface area (Å²) in [6.45, 7) is 0. The van der Waals surface area contributed by atoms with E-state index in [2.05, 4.69) is 5.32 Å². The fourth-order valence-corrected chi connectivity index (χ4v) is 2.27. The Balaban J connectivity index is 0.00000220. The Kier molecular flexibility index (Phi) is 6.91. The Morgan fingerprint density at radius 2 is 1.52 bits per heavy atom. The van der Waals surface area contributed by atoms with Gasteiger partial charge in [0.05, 0.1) is 0 Å². The molecule has 1 amide bonds. The standard InChI is InChI=1S/C14H13NO4S.Na.H/c16-14(12-7-3-1-4-8-12)15-11-20(17,18)19-13-9-5-2-6-10-13;;/h1-10H,11H2,(H,15,16);;/q;+1;-1. The first-order valence-electron chi connectivity index (χ1n) is 5.87. The van der Waals surface area contributed by atoms with Gasteiger partial charge in [-0.15, -0.1) is 0 Å². The van der Waals surface area contributed by atoms with Crippen LogP contribution in [0.25, 0.3) is 0 Å². The second kappa shape index (κ2) is 8.19. The van der Waals surface area contributed by atoms with Crippen LogP contribution in [0, 0.1) is 0 Å². The van der Waals surface area contributed by atoms with Crippen LogP contribution in [0.15, 0.2) is 60.7 Å². The van der Waals surface area contributed by atoms with Gasteiger partial charge >= 0.3 is 39.7 Å². The fourth-order valence-electron chi connectivity index (χ4n) is 1.50. The van der Waals surface area contributed by atoms with E-state index in [1.165, 1.54) is 12.1 Å². The Labute approximate surface area is 147 Å². The average Bonchev–Trinajstić information content (AvgIpc) is 2.46. The zero-order valence-corrected chi connectivity index (χ0v) is 14.3. The topological polar surface area (TPSA) is 72.5 Å². The van der Waals surface area contributed by atoms with E-state index in [0.717, 1.165) is 0 Å². The van der Waals surface area contributed by atoms with Gasteiger partial charge in [-0.25, -0.2) is 0 Å². The molecule has 2 aromatic rings. The second-order valence-corrected chi connectivity index (χ2v) is 5.54. The van der Waals surface area contributed by atoms with Gasteiger partial charge in [-0.2, -0.15) is 8.42 Å². The molecule has 2 rings (SSSR count). The van der Waals surface area contributed by atoms with E-state index in [-0.39, 0.29) is 36.7 Å². The van der Waals surface area contributed by atoms with E-state index in [1.807, 2.05) is 0 Å². The molecule has 0 spiro atoms. The maximum Gasteiger partial charge on any atom is 1.00 e. The Morgan fingerprint density at radius 1 is 1.00 bits per heavy atom. The van der Waals surface area contributed by atoms with Crippen LogP contribution in [0.2, 0.25) is 0 Å². The van der Waals surface area contributed by atoms with Crippen molar-refractivity contribution < 1.29 is 48.4 Å². The quantitative estimate of drug-likeness (QED) is 0.561. The number of nitrogens with one attached hydrogen (secondary N) is 1. The summed E-state index contributed by atoms with van der Waals surface area (Å²) < 4.78 is 28.2. The van der Waals surface area contributed by atoms with Crippen molar-refractivity contribution in [1.29, 1.82) is 0 Å². The number of benzene rings is 2. The van der Waals surface area contributed by atoms with E-state index in [0.29, 0.717) is 5.56 Å². The van der Waals surface area contributed by atoms with Crippen LogP contribution < -0.4 is 39.1 Å². The van der Waals surface area contributed by atoms with E-state index >= 15 is 0 Å². The minimum absolute atomic E-state index is 0. The molecule has 0 radical (unpaired) electrons. The molecular formula is C14H14NNaO4S. The molecule has 0 heterocycles. The number of hydrogen-bond donors (Lipinski definition) is 1. The van der Waals surface area contributed by atoms with Crippen LogP contribution in [-0.2, 0) is 10.1 Å². The first-order chi connectivity index (χ1) is 9.57. The molecule has 0 aliphatic rings. The van der Waals surface area contributed by atoms with E-state index in [1.54, 1.807) is 48.5 Å². The summed E-state index contributed by atoms with van der Waals surface area (Å²) in [7, 11) is -3.87. The number of para-hydroxylation sites is 1. The van der Waals surface area contributed by atoms with Crippen LogP contribution >= 0.6 is 0 Å². The van der Waals surface area contributed by atoms with Gasteiger partial charge < -0.3 is 10.9 Å². The Hall–Kier alpha value is -1.34. The summed E-state index contributed by atoms with van der Waals surface area (Å²) in [5, 5.41) is 2.31. The summed E-state index contributed by atoms with van der Waals surface area (Å²) in [6, 6.07) is 16.5. The molecule has 2 aromatic carbocycles. The summed E-state index contributed by atoms with van der Waals surface area (Å²) in [4.78, 5) is 11.7. The molecule has 0 saturated heterocycles. The first-order valence-corrected chi connectivity index (χ1v) is 7.45. The van der Waals surface area contributed by atoms with Gasteiger partial charge in [0.15, 0.2) is 5.88 Å². The van der Waals surface area contributed by atoms with Crippen molar-refractivity contribution in [2.45, 2.75) is 0 Å². The zero-order valence-electron chi connectivity index (χ0n) is 12.5. The summed E-state index contributed by atoms with van der Waals surface area (Å²) in [5.74, 6) is -0.845. The zero-order chi connectivity index (χ0) is 14.4. The molecule has 7 heteroatoms. The molecule has 0 aromatic heterocycles. The van der Waals surface area contributed by atoms with Crippen LogP contribution in [0.1, 0.15) is 11.8 Å². The number of carbonyl (C=O) groups is 1. The van der Waals surface area contributed by atoms with Crippen molar-refractivity contribution in [3.05, 3.63) is 66.2 Å². The monoisotopic (exact) mass is 315 g/mol. The van der Waals surface area contributed by atoms with E-state index in [9.17, 15) is 13.2 Å². The van der Waals surface area contributed by atoms with Gasteiger partial charge in [-0.3, -0.25) is 4.79 Å². The molecule has 1 N–H and O–H groups in total. The van der Waals surface area contributed by atoms with Crippen molar-refractivity contribution in [3.63, 3.8) is 0 Å². The number of carbonyl (C=O) groups excluding carboxylic acids is 1. The van der Waals surface area contributed by atoms with Gasteiger partial charge in [0.2, 0.25) is 0 Å². The third-order valence-electron chi connectivity index (χ3n) is 2.41. The number of hydrogen-bond acceptors (Lipinski definition) is 4. The first kappa shape index (κ1) is 17.7. The molecule has 21 heavy (non-hydrogen) atoms. The SMILES string of the molecule is O=C(NCS(=O)(=O)Oc1ccccc1)c1ccccc1.[H-].[Na+]. The molecule has 5 nitrogen and oxygen atoms in total. The smallest absolute Gasteiger partial charge is 1.00 e. The van der Waals surface area contributed by atoms with Crippen molar-refractivity contribution in [3.8, 4) is 5.75 Å². The molecule has 0 unspecified atom stereocenters. The van der Waals surface area contributed by atoms with Crippen molar-refractivity contribution in [2.75, 3.05) is 5.88 Å². The van der Waals surface area contributed by atoms with E-state index < -0.39 is 21.9 Å². The van der Waals surface area contributed by atoms with Gasteiger partial charge in [-0.1, -0.05) is 36.4 Å². The molecule has 106 valence electrons. The number of rotatable bonds is 5. The summed E-state index contributed by atoms with van der Waals surface area (Å²) in [6.07, 6.45) is 0. The minimum Gasteiger partial charge on any atom is -1.00 e. The van der Waals surface area contributed by atoms with Gasteiger partial charge in [0.1, 0.15) is 5.75 Å². The van der Waals surface area contributed by atoms with Crippen LogP contribution in [0.4, 0.5) is 0 Å². The summed E-state index contributed by atoms with van der Waals surface area (Å²) in [5.41, 5.74) is 0.391. The predicted octanol–water partition coefficient (Wildman–Crippen LogP) is -1.10. The van der Waals surface area contributed by atoms with Crippen LogP contribution in [0.3, 0.4) is 0 Å².